The lowest BCUT2D eigenvalue weighted by Gasteiger charge is -2.12. The molecule has 0 aliphatic heterocycles. The van der Waals surface area contributed by atoms with Gasteiger partial charge in [-0.3, -0.25) is 0 Å². The maximum Gasteiger partial charge on any atom is 0.218 e. The lowest BCUT2D eigenvalue weighted by atomic mass is 10.3. The highest BCUT2D eigenvalue weighted by atomic mass is 32.2. The molecule has 1 aromatic rings. The number of hydrogen-bond acceptors (Lipinski definition) is 4. The number of ether oxygens (including phenoxy) is 1. The minimum Gasteiger partial charge on any atom is -0.477 e. The smallest absolute Gasteiger partial charge is 0.218 e. The highest BCUT2D eigenvalue weighted by molar-refractivity contribution is 7.98. The maximum atomic E-state index is 5.65. The molecule has 0 saturated heterocycles. The van der Waals surface area contributed by atoms with Gasteiger partial charge in [-0.15, -0.1) is 0 Å². The number of aromatic nitrogens is 1. The van der Waals surface area contributed by atoms with Crippen molar-refractivity contribution in [3.8, 4) is 5.88 Å². The van der Waals surface area contributed by atoms with Crippen molar-refractivity contribution in [3.63, 3.8) is 0 Å². The van der Waals surface area contributed by atoms with Crippen LogP contribution < -0.4 is 15.4 Å². The second kappa shape index (κ2) is 11.3. The third kappa shape index (κ3) is 7.22. The van der Waals surface area contributed by atoms with Crippen LogP contribution in [-0.2, 0) is 6.54 Å². The number of aliphatic imine (C=N–C) groups is 1. The van der Waals surface area contributed by atoms with Crippen LogP contribution in [0.15, 0.2) is 23.3 Å². The van der Waals surface area contributed by atoms with Gasteiger partial charge in [0.2, 0.25) is 5.88 Å². The van der Waals surface area contributed by atoms with Gasteiger partial charge in [-0.05, 0) is 25.7 Å². The van der Waals surface area contributed by atoms with Crippen LogP contribution in [0.5, 0.6) is 5.88 Å². The van der Waals surface area contributed by atoms with Crippen molar-refractivity contribution >= 4 is 17.7 Å². The molecule has 1 heterocycles. The molecular formula is C15H26N4OS. The van der Waals surface area contributed by atoms with Crippen LogP contribution >= 0.6 is 11.8 Å². The molecular weight excluding hydrogens is 284 g/mol. The van der Waals surface area contributed by atoms with Crippen LogP contribution in [0.1, 0.15) is 25.8 Å². The van der Waals surface area contributed by atoms with Gasteiger partial charge in [0.15, 0.2) is 5.96 Å². The molecule has 2 N–H and O–H groups in total. The fourth-order valence-corrected chi connectivity index (χ4v) is 1.96. The Hall–Kier alpha value is -1.43. The largest absolute Gasteiger partial charge is 0.477 e. The van der Waals surface area contributed by atoms with E-state index in [0.29, 0.717) is 19.0 Å². The van der Waals surface area contributed by atoms with E-state index in [9.17, 15) is 0 Å². The van der Waals surface area contributed by atoms with E-state index in [-0.39, 0.29) is 0 Å². The fraction of sp³-hybridized carbons (Fsp3) is 0.600. The molecule has 0 spiro atoms. The van der Waals surface area contributed by atoms with Gasteiger partial charge in [0.1, 0.15) is 0 Å². The minimum atomic E-state index is 0.557. The maximum absolute atomic E-state index is 5.65. The molecule has 0 aliphatic carbocycles. The first-order valence-electron chi connectivity index (χ1n) is 7.39. The molecule has 0 unspecified atom stereocenters. The van der Waals surface area contributed by atoms with E-state index < -0.39 is 0 Å². The summed E-state index contributed by atoms with van der Waals surface area (Å²) in [7, 11) is 0. The Balaban J connectivity index is 2.65. The van der Waals surface area contributed by atoms with E-state index in [1.54, 1.807) is 6.20 Å². The molecule has 21 heavy (non-hydrogen) atoms. The fourth-order valence-electron chi connectivity index (χ4n) is 1.65. The van der Waals surface area contributed by atoms with E-state index in [2.05, 4.69) is 40.7 Å². The van der Waals surface area contributed by atoms with Crippen LogP contribution in [0.2, 0.25) is 0 Å². The lowest BCUT2D eigenvalue weighted by molar-refractivity contribution is 0.302. The summed E-state index contributed by atoms with van der Waals surface area (Å²) < 4.78 is 5.65. The lowest BCUT2D eigenvalue weighted by Crippen LogP contribution is -2.38. The van der Waals surface area contributed by atoms with Gasteiger partial charge in [0.25, 0.3) is 0 Å². The van der Waals surface area contributed by atoms with Gasteiger partial charge in [-0.2, -0.15) is 11.8 Å². The van der Waals surface area contributed by atoms with Gasteiger partial charge in [0.05, 0.1) is 13.2 Å². The Morgan fingerprint density at radius 1 is 1.38 bits per heavy atom. The Morgan fingerprint density at radius 3 is 2.95 bits per heavy atom. The Bertz CT molecular complexity index is 426. The Morgan fingerprint density at radius 2 is 2.24 bits per heavy atom. The van der Waals surface area contributed by atoms with Gasteiger partial charge in [-0.25, -0.2) is 9.98 Å². The number of nitrogens with zero attached hydrogens (tertiary/aromatic N) is 2. The van der Waals surface area contributed by atoms with E-state index in [1.807, 2.05) is 23.9 Å². The molecule has 0 fully saturated rings. The van der Waals surface area contributed by atoms with Crippen LogP contribution in [0.4, 0.5) is 0 Å². The van der Waals surface area contributed by atoms with Crippen molar-refractivity contribution in [2.24, 2.45) is 4.99 Å². The number of nitrogens with one attached hydrogen (secondary N) is 2. The van der Waals surface area contributed by atoms with Crippen molar-refractivity contribution in [1.82, 2.24) is 15.6 Å². The highest BCUT2D eigenvalue weighted by Gasteiger charge is 2.04. The first kappa shape index (κ1) is 17.6. The molecule has 0 amide bonds. The molecule has 0 bridgehead atoms. The van der Waals surface area contributed by atoms with E-state index in [0.717, 1.165) is 36.8 Å². The Labute approximate surface area is 132 Å². The van der Waals surface area contributed by atoms with Crippen molar-refractivity contribution in [2.45, 2.75) is 26.8 Å². The first-order valence-corrected chi connectivity index (χ1v) is 8.79. The average molecular weight is 310 g/mol. The standard InChI is InChI=1S/C15H26N4OS/c1-4-10-20-14-13(7-6-8-17-14)12-19-15(16-5-2)18-9-11-21-3/h6-8H,4-5,9-12H2,1-3H3,(H2,16,18,19). The van der Waals surface area contributed by atoms with Gasteiger partial charge < -0.3 is 15.4 Å². The molecule has 0 radical (unpaired) electrons. The summed E-state index contributed by atoms with van der Waals surface area (Å²) in [6.07, 6.45) is 4.82. The predicted molar refractivity (Wildman–Crippen MR) is 91.2 cm³/mol. The number of hydrogen-bond donors (Lipinski definition) is 2. The van der Waals surface area contributed by atoms with E-state index >= 15 is 0 Å². The number of thioether (sulfide) groups is 1. The SMILES string of the molecule is CCCOc1ncccc1CN=C(NCC)NCCSC. The van der Waals surface area contributed by atoms with E-state index in [4.69, 9.17) is 4.74 Å². The summed E-state index contributed by atoms with van der Waals surface area (Å²) in [6, 6.07) is 3.92. The minimum absolute atomic E-state index is 0.557. The molecule has 6 heteroatoms. The number of rotatable bonds is 9. The van der Waals surface area contributed by atoms with E-state index in [1.165, 1.54) is 0 Å². The monoisotopic (exact) mass is 310 g/mol. The number of pyridine rings is 1. The predicted octanol–water partition coefficient (Wildman–Crippen LogP) is 2.29. The molecule has 0 aromatic carbocycles. The zero-order chi connectivity index (χ0) is 15.3. The van der Waals surface area contributed by atoms with Crippen LogP contribution in [-0.4, -0.2) is 42.6 Å². The summed E-state index contributed by atoms with van der Waals surface area (Å²) in [5.41, 5.74) is 1.01. The highest BCUT2D eigenvalue weighted by Crippen LogP contribution is 2.15. The molecule has 1 rings (SSSR count). The van der Waals surface area contributed by atoms with Crippen LogP contribution in [0.3, 0.4) is 0 Å². The molecule has 0 atom stereocenters. The summed E-state index contributed by atoms with van der Waals surface area (Å²) in [5, 5.41) is 6.55. The first-order chi connectivity index (χ1) is 10.3. The summed E-state index contributed by atoms with van der Waals surface area (Å²) in [4.78, 5) is 8.87. The average Bonchev–Trinajstić information content (AvgIpc) is 2.51. The normalized spacial score (nSPS) is 11.3. The zero-order valence-corrected chi connectivity index (χ0v) is 14.0. The third-order valence-electron chi connectivity index (χ3n) is 2.64. The topological polar surface area (TPSA) is 58.5 Å². The summed E-state index contributed by atoms with van der Waals surface area (Å²) in [6.45, 7) is 7.13. The van der Waals surface area contributed by atoms with Crippen LogP contribution in [0.25, 0.3) is 0 Å². The number of guanidine groups is 1. The molecule has 0 saturated carbocycles. The zero-order valence-electron chi connectivity index (χ0n) is 13.2. The van der Waals surface area contributed by atoms with Gasteiger partial charge >= 0.3 is 0 Å². The second-order valence-electron chi connectivity index (χ2n) is 4.43. The van der Waals surface area contributed by atoms with Gasteiger partial charge in [0, 0.05) is 30.6 Å². The van der Waals surface area contributed by atoms with Crippen LogP contribution in [0, 0.1) is 0 Å². The molecule has 5 nitrogen and oxygen atoms in total. The van der Waals surface area contributed by atoms with Crippen molar-refractivity contribution < 1.29 is 4.74 Å². The van der Waals surface area contributed by atoms with Gasteiger partial charge in [-0.1, -0.05) is 13.0 Å². The molecule has 118 valence electrons. The second-order valence-corrected chi connectivity index (χ2v) is 5.42. The van der Waals surface area contributed by atoms with Crippen molar-refractivity contribution in [1.29, 1.82) is 0 Å². The summed E-state index contributed by atoms with van der Waals surface area (Å²) >= 11 is 1.81. The quantitative estimate of drug-likeness (QED) is 0.416. The molecule has 0 aliphatic rings. The van der Waals surface area contributed by atoms with Crippen molar-refractivity contribution in [2.75, 3.05) is 31.7 Å². The summed E-state index contributed by atoms with van der Waals surface area (Å²) in [5.74, 6) is 2.57. The third-order valence-corrected chi connectivity index (χ3v) is 3.26. The Kier molecular flexibility index (Phi) is 9.44. The van der Waals surface area contributed by atoms with Crippen molar-refractivity contribution in [3.05, 3.63) is 23.9 Å². The molecule has 1 aromatic heterocycles.